The van der Waals surface area contributed by atoms with Crippen LogP contribution in [0.25, 0.3) is 0 Å². The summed E-state index contributed by atoms with van der Waals surface area (Å²) in [5.41, 5.74) is 3.44. The van der Waals surface area contributed by atoms with Gasteiger partial charge in [0.1, 0.15) is 6.54 Å². The highest BCUT2D eigenvalue weighted by molar-refractivity contribution is 7.09. The molecule has 4 heterocycles. The Kier molecular flexibility index (Phi) is 6.52. The topological polar surface area (TPSA) is 29.5 Å². The van der Waals surface area contributed by atoms with E-state index in [9.17, 15) is 4.79 Å². The first-order chi connectivity index (χ1) is 16.1. The first-order valence-corrected chi connectivity index (χ1v) is 12.9. The lowest BCUT2D eigenvalue weighted by atomic mass is 9.83. The molecule has 0 unspecified atom stereocenters. The average molecular weight is 462 g/mol. The molecule has 2 bridgehead atoms. The summed E-state index contributed by atoms with van der Waals surface area (Å²) >= 11 is 1.68. The zero-order valence-electron chi connectivity index (χ0n) is 19.4. The molecule has 3 aromatic rings. The summed E-state index contributed by atoms with van der Waals surface area (Å²) in [5.74, 6) is 0.492. The van der Waals surface area contributed by atoms with Crippen LogP contribution in [0.4, 0.5) is 10.5 Å². The van der Waals surface area contributed by atoms with E-state index < -0.39 is 0 Å². The van der Waals surface area contributed by atoms with Crippen molar-refractivity contribution in [2.45, 2.75) is 38.8 Å². The lowest BCUT2D eigenvalue weighted by molar-refractivity contribution is -0.945. The average Bonchev–Trinajstić information content (AvgIpc) is 3.36. The van der Waals surface area contributed by atoms with Crippen LogP contribution in [0.15, 0.2) is 72.1 Å². The normalized spacial score (nSPS) is 23.9. The molecule has 0 spiro atoms. The quantitative estimate of drug-likeness (QED) is 0.401. The zero-order chi connectivity index (χ0) is 22.7. The fourth-order valence-electron chi connectivity index (χ4n) is 5.49. The fourth-order valence-corrected chi connectivity index (χ4v) is 6.18. The van der Waals surface area contributed by atoms with Gasteiger partial charge in [-0.2, -0.15) is 0 Å². The van der Waals surface area contributed by atoms with Crippen molar-refractivity contribution < 1.29 is 14.0 Å². The fraction of sp³-hybridized carbons (Fsp3) is 0.393. The molecule has 3 saturated heterocycles. The number of benzene rings is 2. The maximum atomic E-state index is 13.5. The summed E-state index contributed by atoms with van der Waals surface area (Å²) in [5, 5.41) is 2.06. The van der Waals surface area contributed by atoms with E-state index in [4.69, 9.17) is 4.74 Å². The maximum absolute atomic E-state index is 13.5. The molecule has 1 aromatic heterocycles. The number of fused-ring (bicyclic) bond motifs is 3. The van der Waals surface area contributed by atoms with E-state index in [1.54, 1.807) is 11.3 Å². The molecule has 172 valence electrons. The Hall–Kier alpha value is -2.63. The van der Waals surface area contributed by atoms with E-state index in [1.165, 1.54) is 18.7 Å². The number of anilines is 1. The number of amides is 1. The molecule has 4 nitrogen and oxygen atoms in total. The number of hydrogen-bond donors (Lipinski definition) is 0. The molecule has 33 heavy (non-hydrogen) atoms. The smallest absolute Gasteiger partial charge is 0.415 e. The van der Waals surface area contributed by atoms with Gasteiger partial charge in [-0.15, -0.1) is 11.3 Å². The number of aryl methyl sites for hydroxylation is 1. The van der Waals surface area contributed by atoms with Gasteiger partial charge in [0.15, 0.2) is 6.10 Å². The van der Waals surface area contributed by atoms with E-state index in [-0.39, 0.29) is 12.2 Å². The Morgan fingerprint density at radius 1 is 1.06 bits per heavy atom. The minimum absolute atomic E-state index is 0.00594. The number of hydrogen-bond acceptors (Lipinski definition) is 3. The Morgan fingerprint density at radius 3 is 2.61 bits per heavy atom. The number of thiophene rings is 1. The Morgan fingerprint density at radius 2 is 1.88 bits per heavy atom. The van der Waals surface area contributed by atoms with Crippen LogP contribution in [0.5, 0.6) is 0 Å². The molecule has 0 radical (unpaired) electrons. The molecule has 3 fully saturated rings. The molecule has 6 rings (SSSR count). The summed E-state index contributed by atoms with van der Waals surface area (Å²) in [7, 11) is 0. The van der Waals surface area contributed by atoms with E-state index in [0.717, 1.165) is 53.0 Å². The Labute approximate surface area is 201 Å². The zero-order valence-corrected chi connectivity index (χ0v) is 20.2. The summed E-state index contributed by atoms with van der Waals surface area (Å²) in [4.78, 5) is 16.5. The molecule has 0 aliphatic carbocycles. The minimum Gasteiger partial charge on any atom is -0.440 e. The van der Waals surface area contributed by atoms with Gasteiger partial charge in [-0.3, -0.25) is 4.90 Å². The predicted molar refractivity (Wildman–Crippen MR) is 135 cm³/mol. The Balaban J connectivity index is 1.29. The van der Waals surface area contributed by atoms with Gasteiger partial charge < -0.3 is 9.22 Å². The summed E-state index contributed by atoms with van der Waals surface area (Å²) in [6.45, 7) is 7.10. The van der Waals surface area contributed by atoms with Crippen LogP contribution in [0, 0.1) is 12.8 Å². The van der Waals surface area contributed by atoms with Crippen LogP contribution in [0.3, 0.4) is 0 Å². The third-order valence-electron chi connectivity index (χ3n) is 7.44. The van der Waals surface area contributed by atoms with Gasteiger partial charge in [-0.25, -0.2) is 4.79 Å². The van der Waals surface area contributed by atoms with Crippen molar-refractivity contribution >= 4 is 23.1 Å². The lowest BCUT2D eigenvalue weighted by Crippen LogP contribution is -2.65. The van der Waals surface area contributed by atoms with E-state index in [1.807, 2.05) is 23.1 Å². The maximum Gasteiger partial charge on any atom is 0.415 e. The van der Waals surface area contributed by atoms with Gasteiger partial charge >= 0.3 is 6.09 Å². The second kappa shape index (κ2) is 9.70. The third-order valence-corrected chi connectivity index (χ3v) is 8.30. The van der Waals surface area contributed by atoms with Crippen molar-refractivity contribution in [2.24, 2.45) is 5.92 Å². The number of piperidine rings is 3. The van der Waals surface area contributed by atoms with Crippen molar-refractivity contribution in [1.29, 1.82) is 0 Å². The molecule has 2 aromatic carbocycles. The second-order valence-electron chi connectivity index (χ2n) is 9.69. The van der Waals surface area contributed by atoms with Gasteiger partial charge in [-0.05, 0) is 41.6 Å². The van der Waals surface area contributed by atoms with Gasteiger partial charge in [0.25, 0.3) is 0 Å². The number of rotatable bonds is 7. The highest BCUT2D eigenvalue weighted by atomic mass is 32.1. The van der Waals surface area contributed by atoms with Gasteiger partial charge in [0.2, 0.25) is 0 Å². The SMILES string of the molecule is Cc1cccc(N(Cc2cccs2)C(=O)O[C@H]2C[N+]3(CCc4ccccc4)CCC2CC3)c1. The van der Waals surface area contributed by atoms with Crippen LogP contribution in [-0.2, 0) is 17.7 Å². The molecule has 3 aliphatic heterocycles. The number of carbonyl (C=O) groups is 1. The highest BCUT2D eigenvalue weighted by Crippen LogP contribution is 2.36. The van der Waals surface area contributed by atoms with Crippen LogP contribution in [-0.4, -0.2) is 42.9 Å². The summed E-state index contributed by atoms with van der Waals surface area (Å²) in [6, 6.07) is 23.0. The van der Waals surface area contributed by atoms with E-state index >= 15 is 0 Å². The van der Waals surface area contributed by atoms with E-state index in [2.05, 4.69) is 60.8 Å². The van der Waals surface area contributed by atoms with Gasteiger partial charge in [-0.1, -0.05) is 48.5 Å². The highest BCUT2D eigenvalue weighted by Gasteiger charge is 2.47. The van der Waals surface area contributed by atoms with Crippen LogP contribution < -0.4 is 4.90 Å². The first-order valence-electron chi connectivity index (χ1n) is 12.1. The molecule has 1 amide bonds. The molecule has 1 atom stereocenters. The lowest BCUT2D eigenvalue weighted by Gasteiger charge is -2.52. The van der Waals surface area contributed by atoms with Gasteiger partial charge in [0.05, 0.1) is 26.2 Å². The van der Waals surface area contributed by atoms with Crippen molar-refractivity contribution in [3.63, 3.8) is 0 Å². The van der Waals surface area contributed by atoms with E-state index in [0.29, 0.717) is 12.5 Å². The molecule has 0 saturated carbocycles. The Bertz CT molecular complexity index is 1060. The number of quaternary nitrogens is 1. The van der Waals surface area contributed by atoms with Crippen molar-refractivity contribution in [3.8, 4) is 0 Å². The van der Waals surface area contributed by atoms with Crippen LogP contribution in [0.1, 0.15) is 28.8 Å². The monoisotopic (exact) mass is 461 g/mol. The molecule has 5 heteroatoms. The number of ether oxygens (including phenoxy) is 1. The third kappa shape index (κ3) is 5.15. The first kappa shape index (κ1) is 22.2. The number of carbonyl (C=O) groups excluding carboxylic acids is 1. The summed E-state index contributed by atoms with van der Waals surface area (Å²) in [6.07, 6.45) is 3.19. The largest absolute Gasteiger partial charge is 0.440 e. The number of nitrogens with zero attached hydrogens (tertiary/aromatic N) is 2. The minimum atomic E-state index is -0.214. The van der Waals surface area contributed by atoms with Crippen LogP contribution in [0.2, 0.25) is 0 Å². The molecular weight excluding hydrogens is 428 g/mol. The van der Waals surface area contributed by atoms with Crippen molar-refractivity contribution in [1.82, 2.24) is 0 Å². The molecular formula is C28H33N2O2S+. The molecule has 3 aliphatic rings. The summed E-state index contributed by atoms with van der Waals surface area (Å²) < 4.78 is 7.37. The van der Waals surface area contributed by atoms with Crippen molar-refractivity contribution in [2.75, 3.05) is 31.1 Å². The van der Waals surface area contributed by atoms with Gasteiger partial charge in [0, 0.05) is 35.7 Å². The van der Waals surface area contributed by atoms with Crippen molar-refractivity contribution in [3.05, 3.63) is 88.1 Å². The second-order valence-corrected chi connectivity index (χ2v) is 10.7. The predicted octanol–water partition coefficient (Wildman–Crippen LogP) is 6.05. The molecule has 0 N–H and O–H groups in total. The standard InChI is InChI=1S/C28H33N2O2S/c1-22-7-5-10-25(19-22)29(20-26-11-6-18-33-26)28(31)32-27-21-30(16-13-24(27)14-17-30)15-12-23-8-3-2-4-9-23/h2-11,18-19,24,27H,12-17,20-21H2,1H3/q+1/t24?,27-,30?/m0/s1. The van der Waals surface area contributed by atoms with Crippen LogP contribution >= 0.6 is 11.3 Å².